The van der Waals surface area contributed by atoms with Gasteiger partial charge >= 0.3 is 0 Å². The first-order valence-electron chi connectivity index (χ1n) is 8.49. The fourth-order valence-corrected chi connectivity index (χ4v) is 3.79. The minimum atomic E-state index is 0.618. The number of rotatable bonds is 5. The third-order valence-corrected chi connectivity index (χ3v) is 4.98. The molecule has 0 saturated carbocycles. The summed E-state index contributed by atoms with van der Waals surface area (Å²) in [4.78, 5) is 5.28. The van der Waals surface area contributed by atoms with E-state index in [0.717, 1.165) is 24.1 Å². The normalized spacial score (nSPS) is 26.0. The summed E-state index contributed by atoms with van der Waals surface area (Å²) < 4.78 is 11.1. The second kappa shape index (κ2) is 6.88. The Morgan fingerprint density at radius 3 is 2.86 bits per heavy atom. The number of benzene rings is 1. The Bertz CT molecular complexity index is 506. The Kier molecular flexibility index (Phi) is 4.89. The molecule has 0 aliphatic carbocycles. The average Bonchev–Trinajstić information content (AvgIpc) is 2.96. The molecule has 0 amide bonds. The first-order valence-corrected chi connectivity index (χ1v) is 8.49. The van der Waals surface area contributed by atoms with Crippen molar-refractivity contribution in [1.82, 2.24) is 9.80 Å². The number of ether oxygens (including phenoxy) is 2. The van der Waals surface area contributed by atoms with Gasteiger partial charge in [0.05, 0.1) is 13.7 Å². The molecule has 2 heterocycles. The molecule has 1 aromatic rings. The van der Waals surface area contributed by atoms with Gasteiger partial charge in [0.1, 0.15) is 0 Å². The quantitative estimate of drug-likeness (QED) is 0.835. The van der Waals surface area contributed by atoms with Crippen molar-refractivity contribution in [1.29, 1.82) is 0 Å². The monoisotopic (exact) mass is 304 g/mol. The van der Waals surface area contributed by atoms with Crippen LogP contribution in [0.2, 0.25) is 0 Å². The number of nitrogens with zero attached hydrogens (tertiary/aromatic N) is 2. The summed E-state index contributed by atoms with van der Waals surface area (Å²) in [6, 6.07) is 7.71. The topological polar surface area (TPSA) is 24.9 Å². The number of hydrogen-bond acceptors (Lipinski definition) is 4. The van der Waals surface area contributed by atoms with Crippen molar-refractivity contribution in [2.45, 2.75) is 45.3 Å². The highest BCUT2D eigenvalue weighted by Crippen LogP contribution is 2.30. The van der Waals surface area contributed by atoms with Crippen LogP contribution in [0.1, 0.15) is 32.3 Å². The summed E-state index contributed by atoms with van der Waals surface area (Å²) in [5.74, 6) is 1.67. The second-order valence-electron chi connectivity index (χ2n) is 6.49. The van der Waals surface area contributed by atoms with E-state index in [1.54, 1.807) is 7.11 Å². The van der Waals surface area contributed by atoms with Gasteiger partial charge in [-0.25, -0.2) is 0 Å². The van der Waals surface area contributed by atoms with Gasteiger partial charge in [0.15, 0.2) is 11.5 Å². The van der Waals surface area contributed by atoms with E-state index in [1.165, 1.54) is 38.0 Å². The van der Waals surface area contributed by atoms with Crippen LogP contribution in [-0.4, -0.2) is 55.2 Å². The van der Waals surface area contributed by atoms with Crippen molar-refractivity contribution >= 4 is 0 Å². The SMILES string of the molecule is CCOc1ccc(CN2C[C@H]3CCCN3C[C@H]2C)cc1OC. The van der Waals surface area contributed by atoms with E-state index >= 15 is 0 Å². The molecule has 2 aliphatic rings. The Morgan fingerprint density at radius 2 is 2.09 bits per heavy atom. The molecule has 2 fully saturated rings. The van der Waals surface area contributed by atoms with Gasteiger partial charge in [-0.15, -0.1) is 0 Å². The Hall–Kier alpha value is -1.26. The van der Waals surface area contributed by atoms with Gasteiger partial charge < -0.3 is 9.47 Å². The van der Waals surface area contributed by atoms with Crippen molar-refractivity contribution < 1.29 is 9.47 Å². The molecule has 2 atom stereocenters. The third-order valence-electron chi connectivity index (χ3n) is 4.98. The number of methoxy groups -OCH3 is 1. The first-order chi connectivity index (χ1) is 10.7. The smallest absolute Gasteiger partial charge is 0.161 e. The van der Waals surface area contributed by atoms with E-state index in [-0.39, 0.29) is 0 Å². The molecule has 0 N–H and O–H groups in total. The lowest BCUT2D eigenvalue weighted by Crippen LogP contribution is -2.54. The zero-order chi connectivity index (χ0) is 15.5. The van der Waals surface area contributed by atoms with Crippen LogP contribution in [0.5, 0.6) is 11.5 Å². The molecule has 1 aromatic carbocycles. The number of fused-ring (bicyclic) bond motifs is 1. The van der Waals surface area contributed by atoms with Gasteiger partial charge in [-0.2, -0.15) is 0 Å². The highest BCUT2D eigenvalue weighted by atomic mass is 16.5. The Balaban J connectivity index is 1.69. The third kappa shape index (κ3) is 3.23. The second-order valence-corrected chi connectivity index (χ2v) is 6.49. The minimum absolute atomic E-state index is 0.618. The van der Waals surface area contributed by atoms with Gasteiger partial charge in [-0.3, -0.25) is 9.80 Å². The molecule has 2 saturated heterocycles. The van der Waals surface area contributed by atoms with Crippen LogP contribution in [0.4, 0.5) is 0 Å². The highest BCUT2D eigenvalue weighted by Gasteiger charge is 2.34. The van der Waals surface area contributed by atoms with E-state index < -0.39 is 0 Å². The fourth-order valence-electron chi connectivity index (χ4n) is 3.79. The van der Waals surface area contributed by atoms with Gasteiger partial charge in [-0.05, 0) is 50.9 Å². The van der Waals surface area contributed by atoms with Crippen LogP contribution in [0, 0.1) is 0 Å². The van der Waals surface area contributed by atoms with Crippen molar-refractivity contribution in [3.8, 4) is 11.5 Å². The first kappa shape index (κ1) is 15.6. The van der Waals surface area contributed by atoms with Crippen molar-refractivity contribution in [2.75, 3.05) is 33.4 Å². The zero-order valence-corrected chi connectivity index (χ0v) is 14.0. The molecule has 0 aromatic heterocycles. The maximum Gasteiger partial charge on any atom is 0.161 e. The van der Waals surface area contributed by atoms with E-state index in [9.17, 15) is 0 Å². The van der Waals surface area contributed by atoms with Crippen LogP contribution < -0.4 is 9.47 Å². The molecule has 0 spiro atoms. The molecule has 3 rings (SSSR count). The molecule has 122 valence electrons. The molecule has 22 heavy (non-hydrogen) atoms. The maximum absolute atomic E-state index is 5.61. The molecule has 0 unspecified atom stereocenters. The fraction of sp³-hybridized carbons (Fsp3) is 0.667. The predicted octanol–water partition coefficient (Wildman–Crippen LogP) is 2.76. The molecule has 0 bridgehead atoms. The van der Waals surface area contributed by atoms with E-state index in [0.29, 0.717) is 12.6 Å². The summed E-state index contributed by atoms with van der Waals surface area (Å²) in [5.41, 5.74) is 1.30. The van der Waals surface area contributed by atoms with Crippen molar-refractivity contribution in [3.05, 3.63) is 23.8 Å². The van der Waals surface area contributed by atoms with Crippen LogP contribution in [0.3, 0.4) is 0 Å². The lowest BCUT2D eigenvalue weighted by Gasteiger charge is -2.42. The summed E-state index contributed by atoms with van der Waals surface area (Å²) >= 11 is 0. The molecule has 4 heteroatoms. The minimum Gasteiger partial charge on any atom is -0.493 e. The summed E-state index contributed by atoms with van der Waals surface area (Å²) in [7, 11) is 1.71. The zero-order valence-electron chi connectivity index (χ0n) is 14.0. The van der Waals surface area contributed by atoms with Crippen LogP contribution in [0.15, 0.2) is 18.2 Å². The Morgan fingerprint density at radius 1 is 1.23 bits per heavy atom. The van der Waals surface area contributed by atoms with Crippen molar-refractivity contribution in [2.24, 2.45) is 0 Å². The van der Waals surface area contributed by atoms with Gasteiger partial charge in [0.25, 0.3) is 0 Å². The lowest BCUT2D eigenvalue weighted by atomic mass is 10.1. The molecular formula is C18H28N2O2. The largest absolute Gasteiger partial charge is 0.493 e. The number of piperazine rings is 1. The van der Waals surface area contributed by atoms with E-state index in [4.69, 9.17) is 9.47 Å². The van der Waals surface area contributed by atoms with E-state index in [2.05, 4.69) is 28.9 Å². The molecule has 0 radical (unpaired) electrons. The van der Waals surface area contributed by atoms with Crippen molar-refractivity contribution in [3.63, 3.8) is 0 Å². The summed E-state index contributed by atoms with van der Waals surface area (Å²) in [5, 5.41) is 0. The average molecular weight is 304 g/mol. The predicted molar refractivity (Wildman–Crippen MR) is 88.6 cm³/mol. The van der Waals surface area contributed by atoms with Crippen LogP contribution >= 0.6 is 0 Å². The summed E-state index contributed by atoms with van der Waals surface area (Å²) in [6.07, 6.45) is 2.72. The molecular weight excluding hydrogens is 276 g/mol. The van der Waals surface area contributed by atoms with Gasteiger partial charge in [0, 0.05) is 31.7 Å². The van der Waals surface area contributed by atoms with Gasteiger partial charge in [-0.1, -0.05) is 6.07 Å². The molecule has 4 nitrogen and oxygen atoms in total. The summed E-state index contributed by atoms with van der Waals surface area (Å²) in [6.45, 7) is 9.69. The molecule has 2 aliphatic heterocycles. The number of hydrogen-bond donors (Lipinski definition) is 0. The standard InChI is InChI=1S/C18H28N2O2/c1-4-22-17-8-7-15(10-18(17)21-3)12-20-13-16-6-5-9-19(16)11-14(20)2/h7-8,10,14,16H,4-6,9,11-13H2,1-3H3/t14-,16-/m1/s1. The van der Waals surface area contributed by atoms with E-state index in [1.807, 2.05) is 13.0 Å². The van der Waals surface area contributed by atoms with Gasteiger partial charge in [0.2, 0.25) is 0 Å². The Labute approximate surface area is 134 Å². The van der Waals surface area contributed by atoms with Crippen LogP contribution in [-0.2, 0) is 6.54 Å². The lowest BCUT2D eigenvalue weighted by molar-refractivity contribution is 0.0540. The van der Waals surface area contributed by atoms with Crippen LogP contribution in [0.25, 0.3) is 0 Å². The highest BCUT2D eigenvalue weighted by molar-refractivity contribution is 5.43. The maximum atomic E-state index is 5.61.